The van der Waals surface area contributed by atoms with Gasteiger partial charge in [0.05, 0.1) is 58.2 Å². The van der Waals surface area contributed by atoms with E-state index in [2.05, 4.69) is 67.3 Å². The number of hydrogen-bond donors (Lipinski definition) is 3. The van der Waals surface area contributed by atoms with Gasteiger partial charge in [-0.25, -0.2) is 14.2 Å². The number of rotatable bonds is 90. The molecule has 0 aliphatic rings. The fourth-order valence-corrected chi connectivity index (χ4v) is 15.5. The van der Waals surface area contributed by atoms with Crippen molar-refractivity contribution < 1.29 is 81.6 Å². The smallest absolute Gasteiger partial charge is 0.461 e. The van der Waals surface area contributed by atoms with Crippen LogP contribution in [0.2, 0.25) is 0 Å². The summed E-state index contributed by atoms with van der Waals surface area (Å²) >= 11 is 0. The van der Waals surface area contributed by atoms with Gasteiger partial charge in [-0.1, -0.05) is 393 Å². The lowest BCUT2D eigenvalue weighted by atomic mass is 10.0. The molecule has 0 aliphatic heterocycles. The number of hydrogen-bond acceptors (Lipinski definition) is 16. The number of esters is 6. The van der Waals surface area contributed by atoms with Crippen molar-refractivity contribution in [1.29, 1.82) is 0 Å². The summed E-state index contributed by atoms with van der Waals surface area (Å²) in [5.74, 6) is -3.60. The molecule has 720 valence electrons. The Morgan fingerprint density at radius 2 is 0.618 bits per heavy atom. The molecular weight excluding hydrogens is 1540 g/mol. The minimum Gasteiger partial charge on any atom is -0.461 e. The van der Waals surface area contributed by atoms with Gasteiger partial charge in [0.2, 0.25) is 6.54 Å². The molecule has 0 aliphatic carbocycles. The third kappa shape index (κ3) is 87.7. The maximum absolute atomic E-state index is 13.4. The summed E-state index contributed by atoms with van der Waals surface area (Å²) in [6, 6.07) is 0. The highest BCUT2D eigenvalue weighted by molar-refractivity contribution is 5.74. The van der Waals surface area contributed by atoms with Crippen LogP contribution in [0.3, 0.4) is 0 Å². The molecule has 0 radical (unpaired) electrons. The molecule has 0 amide bonds. The summed E-state index contributed by atoms with van der Waals surface area (Å²) in [7, 11) is 8.43. The Morgan fingerprint density at radius 3 is 0.927 bits per heavy atom. The quantitative estimate of drug-likeness (QED) is 0.00752. The SMILES string of the molecule is C=[N+](CCCCCCCCCCCCCCCCCC)CC(=O)OC(CCCCC)C(O)C/C=C/CC(=O)OC(COC(=O)C/C=C/CC(O)C(CCCCC)OC([CH2+])=O)COC(=O)C/C=C/CC(O)C(CCCCC)OC(=O)C[N+](C)(C)CCCCCCCCCCCCCCCCCC.CCCCCCCCCCCCCCCCCCN(C)C.[CH3+]. The number of unbranched alkanes of at least 4 members (excludes halogenated alkanes) is 51. The van der Waals surface area contributed by atoms with Crippen molar-refractivity contribution in [3.63, 3.8) is 0 Å². The van der Waals surface area contributed by atoms with Crippen molar-refractivity contribution in [2.24, 2.45) is 0 Å². The van der Waals surface area contributed by atoms with Gasteiger partial charge in [0, 0.05) is 13.8 Å². The summed E-state index contributed by atoms with van der Waals surface area (Å²) in [5.41, 5.74) is 0. The average Bonchev–Trinajstić information content (AvgIpc) is 0.897. The molecule has 0 rings (SSSR count). The van der Waals surface area contributed by atoms with E-state index in [0.717, 1.165) is 90.0 Å². The highest BCUT2D eigenvalue weighted by atomic mass is 16.6. The summed E-state index contributed by atoms with van der Waals surface area (Å²) in [6.45, 7) is 22.5. The average molecular weight is 1740 g/mol. The summed E-state index contributed by atoms with van der Waals surface area (Å²) in [4.78, 5) is 79.8. The second-order valence-electron chi connectivity index (χ2n) is 36.6. The number of aliphatic hydroxyl groups excluding tert-OH is 3. The molecule has 0 saturated heterocycles. The first kappa shape index (κ1) is 122. The van der Waals surface area contributed by atoms with Crippen LogP contribution in [0, 0.1) is 14.4 Å². The zero-order chi connectivity index (χ0) is 90.3. The highest BCUT2D eigenvalue weighted by Gasteiger charge is 2.29. The molecule has 7 atom stereocenters. The van der Waals surface area contributed by atoms with Crippen LogP contribution in [0.1, 0.15) is 465 Å². The predicted octanol–water partition coefficient (Wildman–Crippen LogP) is 26.0. The molecule has 0 spiro atoms. The standard InChI is InChI=1S/C84H153N2O15.C20H43N.CH3/c1-10-15-20-22-24-26-28-30-32-34-36-38-40-42-44-55-66-85(7)68-83(94)100-78(61-47-18-13-4)75(89)59-51-54-65-82(93)99-73(70-96-80(91)63-52-49-57-74(88)77(98-72(6)87)60-46-17-12-3)71-97-81(92)64-53-50-58-76(90)79(62-48-19-14-5)101-84(95)69-86(8,9)67-56-45-43-41-39-37-35-33-31-29-27-25-23-21-16-11-2;1-4-5-6-7-8-9-10-11-12-13-14-15-16-17-18-19-20-21(2)3;/h49-54,73-79,88-90H,6-7,10-48,55-71H2,1-5,8-9H3;4-20H2,1-3H3;1H3/q+3;;+1/b52-49+,53-50+,54-51+;;. The molecule has 18 heteroatoms. The molecule has 0 heterocycles. The monoisotopic (exact) mass is 1740 g/mol. The summed E-state index contributed by atoms with van der Waals surface area (Å²) < 4.78 is 35.9. The van der Waals surface area contributed by atoms with Crippen molar-refractivity contribution >= 4 is 42.5 Å². The Hall–Kier alpha value is -4.75. The van der Waals surface area contributed by atoms with Gasteiger partial charge < -0.3 is 53.1 Å². The Balaban J connectivity index is -0.00000569. The van der Waals surface area contributed by atoms with E-state index in [9.17, 15) is 44.1 Å². The van der Waals surface area contributed by atoms with Gasteiger partial charge in [0.25, 0.3) is 0 Å². The normalized spacial score (nSPS) is 13.4. The number of carbonyl (C=O) groups is 6. The van der Waals surface area contributed by atoms with E-state index >= 15 is 0 Å². The van der Waals surface area contributed by atoms with Crippen LogP contribution in [0.15, 0.2) is 36.5 Å². The van der Waals surface area contributed by atoms with Gasteiger partial charge >= 0.3 is 35.8 Å². The Morgan fingerprint density at radius 1 is 0.350 bits per heavy atom. The zero-order valence-corrected chi connectivity index (χ0v) is 82.1. The van der Waals surface area contributed by atoms with Crippen LogP contribution in [0.4, 0.5) is 0 Å². The summed E-state index contributed by atoms with van der Waals surface area (Å²) in [5, 5.41) is 33.3. The molecule has 0 saturated carbocycles. The minimum atomic E-state index is -1.19. The van der Waals surface area contributed by atoms with Crippen molar-refractivity contribution in [2.45, 2.75) is 508 Å². The fraction of sp³-hybridized carbons (Fsp3) is 0.857. The molecule has 7 unspecified atom stereocenters. The van der Waals surface area contributed by atoms with Crippen molar-refractivity contribution in [3.05, 3.63) is 50.8 Å². The van der Waals surface area contributed by atoms with Crippen LogP contribution >= 0.6 is 0 Å². The molecule has 3 N–H and O–H groups in total. The zero-order valence-electron chi connectivity index (χ0n) is 82.1. The Labute approximate surface area is 758 Å². The molecule has 0 aromatic carbocycles. The van der Waals surface area contributed by atoms with Crippen LogP contribution in [-0.2, 0) is 57.2 Å². The van der Waals surface area contributed by atoms with Crippen LogP contribution in [0.5, 0.6) is 0 Å². The molecule has 0 aromatic rings. The fourth-order valence-electron chi connectivity index (χ4n) is 15.5. The van der Waals surface area contributed by atoms with Gasteiger partial charge in [-0.05, 0) is 104 Å². The first-order valence-electron chi connectivity index (χ1n) is 51.0. The highest BCUT2D eigenvalue weighted by Crippen LogP contribution is 2.23. The molecule has 0 aromatic heterocycles. The van der Waals surface area contributed by atoms with E-state index in [0.29, 0.717) is 30.3 Å². The van der Waals surface area contributed by atoms with E-state index in [4.69, 9.17) is 28.4 Å². The number of carbonyl (C=O) groups excluding carboxylic acids is 6. The maximum atomic E-state index is 13.4. The number of likely N-dealkylation sites (N-methyl/N-ethyl adjacent to an activating group) is 1. The van der Waals surface area contributed by atoms with Crippen molar-refractivity contribution in [1.82, 2.24) is 4.90 Å². The Kier molecular flexibility index (Phi) is 91.5. The lowest BCUT2D eigenvalue weighted by molar-refractivity contribution is -0.883. The largest absolute Gasteiger partial charge is 0.493 e. The van der Waals surface area contributed by atoms with E-state index in [1.165, 1.54) is 301 Å². The van der Waals surface area contributed by atoms with Crippen molar-refractivity contribution in [3.8, 4) is 0 Å². The number of ether oxygens (including phenoxy) is 6. The topological polar surface area (TPSA) is 225 Å². The lowest BCUT2D eigenvalue weighted by Gasteiger charge is -2.30. The molecule has 123 heavy (non-hydrogen) atoms. The molecule has 0 bridgehead atoms. The molecule has 18 nitrogen and oxygen atoms in total. The van der Waals surface area contributed by atoms with E-state index < -0.39 is 85.8 Å². The minimum absolute atomic E-state index is 0. The molecule has 0 fully saturated rings. The number of nitrogens with zero attached hydrogens (tertiary/aromatic N) is 3. The van der Waals surface area contributed by atoms with E-state index in [1.807, 2.05) is 21.0 Å². The second kappa shape index (κ2) is 92.0. The third-order valence-electron chi connectivity index (χ3n) is 23.4. The van der Waals surface area contributed by atoms with Gasteiger partial charge in [-0.15, -0.1) is 0 Å². The second-order valence-corrected chi connectivity index (χ2v) is 36.6. The van der Waals surface area contributed by atoms with Crippen LogP contribution in [-0.4, -0.2) is 189 Å². The van der Waals surface area contributed by atoms with Gasteiger partial charge in [0.1, 0.15) is 44.8 Å². The van der Waals surface area contributed by atoms with Gasteiger partial charge in [-0.3, -0.25) is 14.4 Å². The maximum Gasteiger partial charge on any atom is 0.493 e. The molecular formula is C105H199N3O15+4. The first-order chi connectivity index (χ1) is 59.1. The van der Waals surface area contributed by atoms with E-state index in [-0.39, 0.29) is 65.0 Å². The van der Waals surface area contributed by atoms with Gasteiger partial charge in [-0.2, -0.15) is 4.79 Å². The first-order valence-corrected chi connectivity index (χ1v) is 51.0. The number of aliphatic hydroxyl groups is 3. The lowest BCUT2D eigenvalue weighted by Crippen LogP contribution is -2.46. The summed E-state index contributed by atoms with van der Waals surface area (Å²) in [6.07, 6.45) is 76.9. The van der Waals surface area contributed by atoms with Crippen molar-refractivity contribution in [2.75, 3.05) is 74.1 Å². The van der Waals surface area contributed by atoms with Gasteiger partial charge in [0.15, 0.2) is 19.6 Å². The van der Waals surface area contributed by atoms with E-state index in [1.54, 1.807) is 28.9 Å². The Bertz CT molecular complexity index is 2490. The third-order valence-corrected chi connectivity index (χ3v) is 23.4. The number of quaternary nitrogens is 1. The predicted molar refractivity (Wildman–Crippen MR) is 515 cm³/mol. The van der Waals surface area contributed by atoms with Crippen LogP contribution < -0.4 is 0 Å². The van der Waals surface area contributed by atoms with Crippen LogP contribution in [0.25, 0.3) is 0 Å².